The summed E-state index contributed by atoms with van der Waals surface area (Å²) in [5.74, 6) is -2.58. The summed E-state index contributed by atoms with van der Waals surface area (Å²) in [6, 6.07) is 13.4. The van der Waals surface area contributed by atoms with Gasteiger partial charge in [0.15, 0.2) is 23.7 Å². The number of aliphatic hydroxyl groups is 2. The van der Waals surface area contributed by atoms with Crippen LogP contribution in [0.5, 0.6) is 0 Å². The summed E-state index contributed by atoms with van der Waals surface area (Å²) in [6.07, 6.45) is -3.72. The highest BCUT2D eigenvalue weighted by atomic mass is 32.1. The van der Waals surface area contributed by atoms with E-state index in [-0.39, 0.29) is 0 Å². The van der Waals surface area contributed by atoms with Gasteiger partial charge in [-0.05, 0) is 67.3 Å². The molecule has 180 valence electrons. The molecule has 5 nitrogen and oxygen atoms in total. The molecule has 0 spiro atoms. The molecule has 0 amide bonds. The average Bonchev–Trinajstić information content (AvgIpc) is 3.45. The quantitative estimate of drug-likeness (QED) is 0.537. The Bertz CT molecular complexity index is 1210. The number of halogens is 2. The van der Waals surface area contributed by atoms with Crippen molar-refractivity contribution in [2.75, 3.05) is 0 Å². The first-order valence-corrected chi connectivity index (χ1v) is 11.9. The van der Waals surface area contributed by atoms with Crippen LogP contribution in [0.2, 0.25) is 0 Å². The van der Waals surface area contributed by atoms with E-state index in [1.54, 1.807) is 19.9 Å². The first-order chi connectivity index (χ1) is 16.1. The van der Waals surface area contributed by atoms with Crippen LogP contribution in [0.15, 0.2) is 48.5 Å². The standard InChI is InChI=1S/C26H26F2O5S/c1-13-4-5-15(21(29)23-22(30)24-25(31-23)33-26(2,3)32-24)10-16(13)11-17-7-9-20(34-17)14-6-8-18(27)19(28)12-14/h4-10,12,21-25,29-30H,11H2,1-3H3/t21?,22-,23+,24+,25+/m1/s1. The first-order valence-electron chi connectivity index (χ1n) is 11.1. The molecule has 3 heterocycles. The lowest BCUT2D eigenvalue weighted by Gasteiger charge is -2.26. The van der Waals surface area contributed by atoms with E-state index in [0.29, 0.717) is 17.5 Å². The van der Waals surface area contributed by atoms with Crippen LogP contribution in [0.25, 0.3) is 10.4 Å². The number of rotatable bonds is 5. The summed E-state index contributed by atoms with van der Waals surface area (Å²) in [5, 5.41) is 21.7. The van der Waals surface area contributed by atoms with Crippen LogP contribution in [-0.2, 0) is 20.6 Å². The minimum absolute atomic E-state index is 0.612. The van der Waals surface area contributed by atoms with Crippen molar-refractivity contribution < 1.29 is 33.2 Å². The van der Waals surface area contributed by atoms with E-state index in [4.69, 9.17) is 14.2 Å². The minimum Gasteiger partial charge on any atom is -0.387 e. The highest BCUT2D eigenvalue weighted by Crippen LogP contribution is 2.41. The van der Waals surface area contributed by atoms with Gasteiger partial charge in [-0.25, -0.2) is 8.78 Å². The lowest BCUT2D eigenvalue weighted by Crippen LogP contribution is -2.37. The molecule has 1 unspecified atom stereocenters. The van der Waals surface area contributed by atoms with Crippen LogP contribution >= 0.6 is 11.3 Å². The van der Waals surface area contributed by atoms with Crippen molar-refractivity contribution in [3.05, 3.63) is 81.7 Å². The van der Waals surface area contributed by atoms with Crippen LogP contribution in [0, 0.1) is 18.6 Å². The summed E-state index contributed by atoms with van der Waals surface area (Å²) in [7, 11) is 0. The van der Waals surface area contributed by atoms with E-state index in [1.165, 1.54) is 17.4 Å². The predicted molar refractivity (Wildman–Crippen MR) is 123 cm³/mol. The molecule has 2 aromatic carbocycles. The lowest BCUT2D eigenvalue weighted by atomic mass is 9.94. The number of hydrogen-bond donors (Lipinski definition) is 2. The Morgan fingerprint density at radius 2 is 1.82 bits per heavy atom. The van der Waals surface area contributed by atoms with Crippen molar-refractivity contribution in [2.24, 2.45) is 0 Å². The van der Waals surface area contributed by atoms with Gasteiger partial charge in [0.05, 0.1) is 0 Å². The largest absolute Gasteiger partial charge is 0.387 e. The maximum Gasteiger partial charge on any atom is 0.190 e. The first kappa shape index (κ1) is 23.5. The van der Waals surface area contributed by atoms with E-state index < -0.39 is 48.1 Å². The highest BCUT2D eigenvalue weighted by molar-refractivity contribution is 7.15. The van der Waals surface area contributed by atoms with Crippen molar-refractivity contribution >= 4 is 11.3 Å². The van der Waals surface area contributed by atoms with Crippen molar-refractivity contribution in [3.63, 3.8) is 0 Å². The third-order valence-corrected chi connectivity index (χ3v) is 7.44. The van der Waals surface area contributed by atoms with E-state index in [9.17, 15) is 19.0 Å². The van der Waals surface area contributed by atoms with Crippen LogP contribution in [-0.4, -0.2) is 40.6 Å². The molecule has 8 heteroatoms. The fraction of sp³-hybridized carbons (Fsp3) is 0.385. The molecular formula is C26H26F2O5S. The normalized spacial score (nSPS) is 26.6. The van der Waals surface area contributed by atoms with Crippen LogP contribution in [0.1, 0.15) is 41.5 Å². The molecule has 0 aliphatic carbocycles. The number of ether oxygens (including phenoxy) is 3. The summed E-state index contributed by atoms with van der Waals surface area (Å²) in [4.78, 5) is 1.89. The summed E-state index contributed by atoms with van der Waals surface area (Å²) in [5.41, 5.74) is 3.32. The molecule has 5 atom stereocenters. The topological polar surface area (TPSA) is 68.2 Å². The van der Waals surface area contributed by atoms with E-state index >= 15 is 0 Å². The maximum absolute atomic E-state index is 13.6. The Kier molecular flexibility index (Phi) is 6.08. The zero-order valence-corrected chi connectivity index (χ0v) is 19.8. The number of benzene rings is 2. The molecule has 2 saturated heterocycles. The van der Waals surface area contributed by atoms with E-state index in [1.807, 2.05) is 37.3 Å². The van der Waals surface area contributed by atoms with Crippen LogP contribution < -0.4 is 0 Å². The molecule has 0 bridgehead atoms. The SMILES string of the molecule is Cc1ccc(C(O)[C@@H]2O[C@H]3OC(C)(C)O[C@H]3[C@@H]2O)cc1Cc1ccc(-c2ccc(F)c(F)c2)s1. The van der Waals surface area contributed by atoms with Gasteiger partial charge in [0.25, 0.3) is 0 Å². The number of aliphatic hydroxyl groups excluding tert-OH is 2. The molecular weight excluding hydrogens is 462 g/mol. The van der Waals surface area contributed by atoms with Crippen molar-refractivity contribution in [2.45, 2.75) is 63.7 Å². The fourth-order valence-corrected chi connectivity index (χ4v) is 5.53. The minimum atomic E-state index is -1.06. The molecule has 3 aromatic rings. The van der Waals surface area contributed by atoms with E-state index in [0.717, 1.165) is 26.9 Å². The lowest BCUT2D eigenvalue weighted by molar-refractivity contribution is -0.226. The van der Waals surface area contributed by atoms with Crippen LogP contribution in [0.4, 0.5) is 8.78 Å². The molecule has 34 heavy (non-hydrogen) atoms. The number of aryl methyl sites for hydroxylation is 1. The summed E-state index contributed by atoms with van der Waals surface area (Å²) < 4.78 is 44.1. The zero-order valence-electron chi connectivity index (χ0n) is 19.0. The van der Waals surface area contributed by atoms with Gasteiger partial charge in [0, 0.05) is 16.2 Å². The summed E-state index contributed by atoms with van der Waals surface area (Å²) >= 11 is 1.51. The molecule has 2 aliphatic heterocycles. The predicted octanol–water partition coefficient (Wildman–Crippen LogP) is 4.86. The second-order valence-electron chi connectivity index (χ2n) is 9.26. The van der Waals surface area contributed by atoms with Gasteiger partial charge in [0.1, 0.15) is 24.4 Å². The number of fused-ring (bicyclic) bond motifs is 1. The third-order valence-electron chi connectivity index (χ3n) is 6.31. The van der Waals surface area contributed by atoms with Gasteiger partial charge in [-0.2, -0.15) is 0 Å². The molecule has 5 rings (SSSR count). The van der Waals surface area contributed by atoms with E-state index in [2.05, 4.69) is 0 Å². The molecule has 2 N–H and O–H groups in total. The molecule has 0 radical (unpaired) electrons. The third kappa shape index (κ3) is 4.42. The highest BCUT2D eigenvalue weighted by Gasteiger charge is 2.56. The number of hydrogen-bond acceptors (Lipinski definition) is 6. The van der Waals surface area contributed by atoms with Gasteiger partial charge < -0.3 is 24.4 Å². The van der Waals surface area contributed by atoms with Gasteiger partial charge in [0.2, 0.25) is 0 Å². The van der Waals surface area contributed by atoms with Gasteiger partial charge in [-0.1, -0.05) is 24.3 Å². The molecule has 1 aromatic heterocycles. The maximum atomic E-state index is 13.6. The Morgan fingerprint density at radius 3 is 2.56 bits per heavy atom. The second-order valence-corrected chi connectivity index (χ2v) is 10.4. The monoisotopic (exact) mass is 488 g/mol. The Labute approximate surface area is 200 Å². The zero-order chi connectivity index (χ0) is 24.2. The van der Waals surface area contributed by atoms with Crippen molar-refractivity contribution in [3.8, 4) is 10.4 Å². The van der Waals surface area contributed by atoms with Crippen LogP contribution in [0.3, 0.4) is 0 Å². The van der Waals surface area contributed by atoms with Gasteiger partial charge in [-0.3, -0.25) is 0 Å². The Hall–Kier alpha value is -2.20. The van der Waals surface area contributed by atoms with Crippen molar-refractivity contribution in [1.29, 1.82) is 0 Å². The average molecular weight is 489 g/mol. The Morgan fingerprint density at radius 1 is 1.03 bits per heavy atom. The molecule has 0 saturated carbocycles. The molecule has 2 fully saturated rings. The summed E-state index contributed by atoms with van der Waals surface area (Å²) in [6.45, 7) is 5.49. The fourth-order valence-electron chi connectivity index (χ4n) is 4.50. The van der Waals surface area contributed by atoms with Crippen molar-refractivity contribution in [1.82, 2.24) is 0 Å². The van der Waals surface area contributed by atoms with Gasteiger partial charge in [-0.15, -0.1) is 11.3 Å². The Balaban J connectivity index is 1.33. The number of thiophene rings is 1. The molecule has 2 aliphatic rings. The second kappa shape index (κ2) is 8.78. The smallest absolute Gasteiger partial charge is 0.190 e. The van der Waals surface area contributed by atoms with Gasteiger partial charge >= 0.3 is 0 Å².